The molecule has 0 unspecified atom stereocenters. The Hall–Kier alpha value is -2.51. The first-order chi connectivity index (χ1) is 8.49. The van der Waals surface area contributed by atoms with Gasteiger partial charge in [0.1, 0.15) is 23.0 Å². The molecule has 0 spiro atoms. The summed E-state index contributed by atoms with van der Waals surface area (Å²) < 4.78 is 6.04. The van der Waals surface area contributed by atoms with E-state index in [9.17, 15) is 9.59 Å². The van der Waals surface area contributed by atoms with Crippen LogP contribution in [0.25, 0.3) is 0 Å². The molecule has 0 saturated carbocycles. The summed E-state index contributed by atoms with van der Waals surface area (Å²) in [6, 6.07) is 1.74. The van der Waals surface area contributed by atoms with Gasteiger partial charge in [-0.3, -0.25) is 14.3 Å². The third-order valence-corrected chi connectivity index (χ3v) is 2.49. The van der Waals surface area contributed by atoms with Crippen molar-refractivity contribution < 1.29 is 4.52 Å². The second-order valence-corrected chi connectivity index (χ2v) is 3.86. The van der Waals surface area contributed by atoms with Crippen LogP contribution in [0, 0.1) is 6.92 Å². The Kier molecular flexibility index (Phi) is 2.92. The molecule has 0 atom stereocenters. The van der Waals surface area contributed by atoms with Crippen LogP contribution in [0.15, 0.2) is 20.2 Å². The van der Waals surface area contributed by atoms with Gasteiger partial charge in [0, 0.05) is 13.1 Å². The molecule has 0 aliphatic rings. The first-order valence-corrected chi connectivity index (χ1v) is 5.24. The topological polar surface area (TPSA) is 119 Å². The molecule has 0 radical (unpaired) electrons. The molecule has 0 aliphatic heterocycles. The van der Waals surface area contributed by atoms with Crippen LogP contribution in [0.4, 0.5) is 11.5 Å². The van der Waals surface area contributed by atoms with Gasteiger partial charge in [-0.1, -0.05) is 5.16 Å². The molecule has 8 nitrogen and oxygen atoms in total. The van der Waals surface area contributed by atoms with E-state index in [2.05, 4.69) is 15.5 Å². The van der Waals surface area contributed by atoms with E-state index in [1.54, 1.807) is 13.0 Å². The number of nitrogens with zero attached hydrogens (tertiary/aromatic N) is 2. The van der Waals surface area contributed by atoms with E-state index >= 15 is 0 Å². The third kappa shape index (κ3) is 2.12. The number of aryl methyl sites for hydroxylation is 1. The van der Waals surface area contributed by atoms with E-state index in [1.165, 1.54) is 7.05 Å². The van der Waals surface area contributed by atoms with E-state index < -0.39 is 11.2 Å². The van der Waals surface area contributed by atoms with Gasteiger partial charge >= 0.3 is 5.69 Å². The minimum absolute atomic E-state index is 0.0731. The van der Waals surface area contributed by atoms with Crippen LogP contribution in [0.2, 0.25) is 0 Å². The Labute approximate surface area is 101 Å². The number of nitrogens with one attached hydrogen (secondary N) is 2. The molecular weight excluding hydrogens is 238 g/mol. The number of H-pyrrole nitrogens is 1. The van der Waals surface area contributed by atoms with Crippen molar-refractivity contribution in [2.75, 3.05) is 11.1 Å². The lowest BCUT2D eigenvalue weighted by atomic mass is 10.3. The van der Waals surface area contributed by atoms with Crippen molar-refractivity contribution in [3.8, 4) is 0 Å². The molecule has 2 rings (SSSR count). The zero-order valence-electron chi connectivity index (χ0n) is 9.98. The van der Waals surface area contributed by atoms with Gasteiger partial charge in [-0.05, 0) is 6.92 Å². The van der Waals surface area contributed by atoms with Gasteiger partial charge in [-0.25, -0.2) is 4.79 Å². The van der Waals surface area contributed by atoms with Crippen molar-refractivity contribution in [3.05, 3.63) is 38.4 Å². The predicted molar refractivity (Wildman–Crippen MR) is 65.3 cm³/mol. The highest BCUT2D eigenvalue weighted by Crippen LogP contribution is 2.10. The van der Waals surface area contributed by atoms with Crippen LogP contribution >= 0.6 is 0 Å². The van der Waals surface area contributed by atoms with Gasteiger partial charge in [0.25, 0.3) is 5.56 Å². The minimum atomic E-state index is -0.559. The zero-order chi connectivity index (χ0) is 13.3. The second kappa shape index (κ2) is 4.40. The van der Waals surface area contributed by atoms with E-state index in [0.29, 0.717) is 11.5 Å². The van der Waals surface area contributed by atoms with Gasteiger partial charge in [0.05, 0.1) is 6.54 Å². The second-order valence-electron chi connectivity index (χ2n) is 3.86. The van der Waals surface area contributed by atoms with Crippen LogP contribution in [0.5, 0.6) is 0 Å². The molecular formula is C10H13N5O3. The Morgan fingerprint density at radius 3 is 2.89 bits per heavy atom. The first-order valence-electron chi connectivity index (χ1n) is 5.24. The maximum Gasteiger partial charge on any atom is 0.329 e. The summed E-state index contributed by atoms with van der Waals surface area (Å²) in [7, 11) is 1.47. The van der Waals surface area contributed by atoms with Gasteiger partial charge in [0.2, 0.25) is 0 Å². The third-order valence-electron chi connectivity index (χ3n) is 2.49. The van der Waals surface area contributed by atoms with E-state index in [-0.39, 0.29) is 18.1 Å². The Morgan fingerprint density at radius 1 is 1.56 bits per heavy atom. The first kappa shape index (κ1) is 12.0. The summed E-state index contributed by atoms with van der Waals surface area (Å²) >= 11 is 0. The highest BCUT2D eigenvalue weighted by Gasteiger charge is 2.10. The quantitative estimate of drug-likeness (QED) is 0.680. The molecule has 0 aliphatic carbocycles. The number of aromatic nitrogens is 3. The number of hydrogen-bond acceptors (Lipinski definition) is 6. The zero-order valence-corrected chi connectivity index (χ0v) is 9.98. The van der Waals surface area contributed by atoms with Gasteiger partial charge in [0.15, 0.2) is 0 Å². The van der Waals surface area contributed by atoms with Crippen LogP contribution in [-0.2, 0) is 13.6 Å². The summed E-state index contributed by atoms with van der Waals surface area (Å²) in [5.74, 6) is 0.748. The number of hydrogen-bond donors (Lipinski definition) is 3. The maximum absolute atomic E-state index is 11.6. The van der Waals surface area contributed by atoms with Gasteiger partial charge in [-0.15, -0.1) is 0 Å². The fraction of sp³-hybridized carbons (Fsp3) is 0.300. The van der Waals surface area contributed by atoms with Crippen LogP contribution in [0.1, 0.15) is 11.5 Å². The molecule has 0 fully saturated rings. The average molecular weight is 251 g/mol. The van der Waals surface area contributed by atoms with E-state index in [1.807, 2.05) is 0 Å². The Morgan fingerprint density at radius 2 is 2.28 bits per heavy atom. The van der Waals surface area contributed by atoms with Crippen LogP contribution in [0.3, 0.4) is 0 Å². The molecule has 0 amide bonds. The minimum Gasteiger partial charge on any atom is -0.383 e. The number of nitrogens with two attached hydrogens (primary N) is 1. The van der Waals surface area contributed by atoms with Gasteiger partial charge in [-0.2, -0.15) is 0 Å². The molecule has 2 heterocycles. The number of aromatic amines is 1. The lowest BCUT2D eigenvalue weighted by molar-refractivity contribution is 0.391. The molecule has 4 N–H and O–H groups in total. The number of rotatable bonds is 3. The van der Waals surface area contributed by atoms with Crippen molar-refractivity contribution in [2.45, 2.75) is 13.5 Å². The monoisotopic (exact) mass is 251 g/mol. The van der Waals surface area contributed by atoms with Crippen molar-refractivity contribution >= 4 is 11.5 Å². The summed E-state index contributed by atoms with van der Waals surface area (Å²) in [6.07, 6.45) is 0. The predicted octanol–water partition coefficient (Wildman–Crippen LogP) is -0.436. The van der Waals surface area contributed by atoms with Crippen LogP contribution < -0.4 is 22.3 Å². The summed E-state index contributed by atoms with van der Waals surface area (Å²) in [6.45, 7) is 2.05. The fourth-order valence-electron chi connectivity index (χ4n) is 1.49. The summed E-state index contributed by atoms with van der Waals surface area (Å²) in [4.78, 5) is 25.0. The smallest absolute Gasteiger partial charge is 0.329 e. The normalized spacial score (nSPS) is 10.6. The van der Waals surface area contributed by atoms with Crippen molar-refractivity contribution in [1.82, 2.24) is 14.7 Å². The fourth-order valence-corrected chi connectivity index (χ4v) is 1.49. The SMILES string of the molecule is Cc1cc(CNc2c(N)n(C)c(=O)[nH]c2=O)no1. The van der Waals surface area contributed by atoms with E-state index in [0.717, 1.165) is 4.57 Å². The molecule has 8 heteroatoms. The maximum atomic E-state index is 11.6. The molecule has 2 aromatic heterocycles. The highest BCUT2D eigenvalue weighted by atomic mass is 16.5. The highest BCUT2D eigenvalue weighted by molar-refractivity contribution is 5.60. The Bertz CT molecular complexity index is 682. The lowest BCUT2D eigenvalue weighted by Crippen LogP contribution is -2.32. The molecule has 0 aromatic carbocycles. The van der Waals surface area contributed by atoms with Gasteiger partial charge < -0.3 is 15.6 Å². The van der Waals surface area contributed by atoms with E-state index in [4.69, 9.17) is 10.3 Å². The molecule has 18 heavy (non-hydrogen) atoms. The average Bonchev–Trinajstić information content (AvgIpc) is 2.72. The molecule has 0 saturated heterocycles. The molecule has 2 aromatic rings. The summed E-state index contributed by atoms with van der Waals surface area (Å²) in [5, 5.41) is 6.60. The number of anilines is 2. The molecule has 0 bridgehead atoms. The largest absolute Gasteiger partial charge is 0.383 e. The molecule has 96 valence electrons. The number of nitrogen functional groups attached to an aromatic ring is 1. The van der Waals surface area contributed by atoms with Crippen molar-refractivity contribution in [1.29, 1.82) is 0 Å². The standard InChI is InChI=1S/C10H13N5O3/c1-5-3-6(14-18-5)4-12-7-8(11)15(2)10(17)13-9(7)16/h3,12H,4,11H2,1-2H3,(H,13,16,17). The summed E-state index contributed by atoms with van der Waals surface area (Å²) in [5.41, 5.74) is 5.35. The van der Waals surface area contributed by atoms with Crippen molar-refractivity contribution in [2.24, 2.45) is 7.05 Å². The van der Waals surface area contributed by atoms with Crippen LogP contribution in [-0.4, -0.2) is 14.7 Å². The lowest BCUT2D eigenvalue weighted by Gasteiger charge is -2.09. The van der Waals surface area contributed by atoms with Crippen molar-refractivity contribution in [3.63, 3.8) is 0 Å². The Balaban J connectivity index is 2.27.